The van der Waals surface area contributed by atoms with Gasteiger partial charge in [0.05, 0.1) is 19.3 Å². The minimum Gasteiger partial charge on any atom is -0.394 e. The molecule has 0 spiro atoms. The summed E-state index contributed by atoms with van der Waals surface area (Å²) >= 11 is 0. The van der Waals surface area contributed by atoms with E-state index in [-0.39, 0.29) is 18.9 Å². The number of amides is 1. The quantitative estimate of drug-likeness (QED) is 0.0346. The highest BCUT2D eigenvalue weighted by Crippen LogP contribution is 2.36. The number of ketones is 1. The fourth-order valence-electron chi connectivity index (χ4n) is 7.36. The van der Waals surface area contributed by atoms with Crippen LogP contribution < -0.4 is 11.5 Å². The average Bonchev–Trinajstić information content (AvgIpc) is 3.09. The Labute approximate surface area is 300 Å². The minimum absolute atomic E-state index is 0.240. The Morgan fingerprint density at radius 3 is 1.35 bits per heavy atom. The summed E-state index contributed by atoms with van der Waals surface area (Å²) in [5.41, 5.74) is 12.5. The van der Waals surface area contributed by atoms with Crippen molar-refractivity contribution in [3.05, 3.63) is 0 Å². The van der Waals surface area contributed by atoms with E-state index in [0.29, 0.717) is 12.8 Å². The molecule has 0 aromatic heterocycles. The first-order valence-electron chi connectivity index (χ1n) is 20.7. The number of rotatable bonds is 33. The van der Waals surface area contributed by atoms with E-state index < -0.39 is 49.0 Å². The van der Waals surface area contributed by atoms with Gasteiger partial charge in [0.15, 0.2) is 5.78 Å². The van der Waals surface area contributed by atoms with Gasteiger partial charge in [-0.2, -0.15) is 0 Å². The second-order valence-electron chi connectivity index (χ2n) is 14.9. The highest BCUT2D eigenvalue weighted by atomic mass is 16.6. The highest BCUT2D eigenvalue weighted by Gasteiger charge is 2.58. The first-order valence-corrected chi connectivity index (χ1v) is 20.7. The topological polar surface area (TPSA) is 159 Å². The van der Waals surface area contributed by atoms with Crippen LogP contribution in [-0.4, -0.2) is 75.8 Å². The van der Waals surface area contributed by atoms with Crippen LogP contribution in [0.25, 0.3) is 0 Å². The lowest BCUT2D eigenvalue weighted by Crippen LogP contribution is -2.75. The van der Waals surface area contributed by atoms with Crippen molar-refractivity contribution in [3.8, 4) is 0 Å². The predicted molar refractivity (Wildman–Crippen MR) is 201 cm³/mol. The number of carbonyl (C=O) groups excluding carboxylic acids is 2. The molecule has 1 amide bonds. The van der Waals surface area contributed by atoms with Crippen molar-refractivity contribution >= 4 is 11.7 Å². The number of aliphatic hydroxyl groups is 3. The fraction of sp³-hybridized carbons (Fsp3) is 0.950. The Morgan fingerprint density at radius 2 is 0.980 bits per heavy atom. The molecule has 290 valence electrons. The van der Waals surface area contributed by atoms with E-state index in [9.17, 15) is 24.9 Å². The van der Waals surface area contributed by atoms with Crippen LogP contribution in [0.4, 0.5) is 0 Å². The summed E-state index contributed by atoms with van der Waals surface area (Å²) in [5.74, 6) is -4.26. The number of ether oxygens (including phenoxy) is 1. The first kappa shape index (κ1) is 45.9. The van der Waals surface area contributed by atoms with Crippen molar-refractivity contribution in [2.45, 2.75) is 218 Å². The third-order valence-corrected chi connectivity index (χ3v) is 10.5. The van der Waals surface area contributed by atoms with E-state index in [4.69, 9.17) is 16.2 Å². The summed E-state index contributed by atoms with van der Waals surface area (Å²) in [6.45, 7) is 3.74. The molecule has 9 heteroatoms. The second kappa shape index (κ2) is 29.5. The molecule has 1 fully saturated rings. The number of hydrogen-bond acceptors (Lipinski definition) is 8. The molecule has 1 rings (SSSR count). The molecule has 0 radical (unpaired) electrons. The van der Waals surface area contributed by atoms with Crippen molar-refractivity contribution < 1.29 is 29.6 Å². The Kier molecular flexibility index (Phi) is 27.6. The zero-order valence-electron chi connectivity index (χ0n) is 31.9. The van der Waals surface area contributed by atoms with E-state index in [0.717, 1.165) is 38.5 Å². The Morgan fingerprint density at radius 1 is 0.612 bits per heavy atom. The summed E-state index contributed by atoms with van der Waals surface area (Å²) in [7, 11) is 0. The van der Waals surface area contributed by atoms with Gasteiger partial charge in [-0.15, -0.1) is 0 Å². The molecule has 1 saturated heterocycles. The fourth-order valence-corrected chi connectivity index (χ4v) is 7.36. The van der Waals surface area contributed by atoms with Gasteiger partial charge in [0.25, 0.3) is 0 Å². The number of nitrogens with zero attached hydrogens (tertiary/aromatic N) is 1. The smallest absolute Gasteiger partial charge is 0.225 e. The molecule has 0 aromatic carbocycles. The van der Waals surface area contributed by atoms with Gasteiger partial charge in [-0.3, -0.25) is 15.3 Å². The van der Waals surface area contributed by atoms with Crippen molar-refractivity contribution in [3.63, 3.8) is 0 Å². The Bertz CT molecular complexity index is 817. The van der Waals surface area contributed by atoms with E-state index in [1.807, 2.05) is 0 Å². The Balaban J connectivity index is 2.59. The van der Waals surface area contributed by atoms with Crippen LogP contribution in [-0.2, 0) is 14.3 Å². The molecule has 1 aliphatic rings. The number of aliphatic hydroxyl groups excluding tert-OH is 3. The summed E-state index contributed by atoms with van der Waals surface area (Å²) in [4.78, 5) is 28.1. The second-order valence-corrected chi connectivity index (χ2v) is 14.9. The van der Waals surface area contributed by atoms with E-state index >= 15 is 0 Å². The predicted octanol–water partition coefficient (Wildman–Crippen LogP) is 7.65. The number of hydrogen-bond donors (Lipinski definition) is 5. The molecule has 7 N–H and O–H groups in total. The van der Waals surface area contributed by atoms with Crippen LogP contribution in [0.15, 0.2) is 0 Å². The third-order valence-electron chi connectivity index (χ3n) is 10.5. The molecule has 5 atom stereocenters. The van der Waals surface area contributed by atoms with Gasteiger partial charge in [0.1, 0.15) is 18.1 Å². The molecule has 49 heavy (non-hydrogen) atoms. The maximum absolute atomic E-state index is 13.8. The van der Waals surface area contributed by atoms with Crippen LogP contribution in [0.2, 0.25) is 0 Å². The van der Waals surface area contributed by atoms with Gasteiger partial charge < -0.3 is 30.7 Å². The number of nitrogens with two attached hydrogens (primary N) is 2. The van der Waals surface area contributed by atoms with Gasteiger partial charge >= 0.3 is 0 Å². The third kappa shape index (κ3) is 18.8. The van der Waals surface area contributed by atoms with Crippen molar-refractivity contribution in [1.29, 1.82) is 0 Å². The maximum atomic E-state index is 13.8. The molecule has 1 heterocycles. The highest BCUT2D eigenvalue weighted by molar-refractivity contribution is 5.86. The molecule has 9 nitrogen and oxygen atoms in total. The monoisotopic (exact) mass is 698 g/mol. The molecule has 0 saturated carbocycles. The van der Waals surface area contributed by atoms with Gasteiger partial charge in [0.2, 0.25) is 11.8 Å². The maximum Gasteiger partial charge on any atom is 0.225 e. The van der Waals surface area contributed by atoms with Gasteiger partial charge in [-0.1, -0.05) is 174 Å². The van der Waals surface area contributed by atoms with Crippen LogP contribution in [0, 0.1) is 5.92 Å². The van der Waals surface area contributed by atoms with Crippen LogP contribution in [0.1, 0.15) is 194 Å². The molecule has 1 aliphatic heterocycles. The van der Waals surface area contributed by atoms with Gasteiger partial charge in [-0.05, 0) is 12.8 Å². The van der Waals surface area contributed by atoms with E-state index in [2.05, 4.69) is 13.8 Å². The summed E-state index contributed by atoms with van der Waals surface area (Å²) in [5, 5.41) is 31.4. The van der Waals surface area contributed by atoms with E-state index in [1.165, 1.54) is 127 Å². The van der Waals surface area contributed by atoms with Crippen LogP contribution >= 0.6 is 0 Å². The molecular formula is C40H79N3O6. The van der Waals surface area contributed by atoms with Crippen molar-refractivity contribution in [1.82, 2.24) is 4.90 Å². The van der Waals surface area contributed by atoms with Gasteiger partial charge in [0, 0.05) is 13.0 Å². The van der Waals surface area contributed by atoms with Crippen molar-refractivity contribution in [2.24, 2.45) is 17.4 Å². The largest absolute Gasteiger partial charge is 0.394 e. The zero-order valence-corrected chi connectivity index (χ0v) is 31.9. The van der Waals surface area contributed by atoms with E-state index in [1.54, 1.807) is 0 Å². The summed E-state index contributed by atoms with van der Waals surface area (Å²) in [6, 6.07) is 0. The van der Waals surface area contributed by atoms with Crippen molar-refractivity contribution in [2.75, 3.05) is 19.7 Å². The molecule has 0 bridgehead atoms. The van der Waals surface area contributed by atoms with Crippen LogP contribution in [0.5, 0.6) is 0 Å². The summed E-state index contributed by atoms with van der Waals surface area (Å²) < 4.78 is 5.96. The normalized spacial score (nSPS) is 22.4. The molecular weight excluding hydrogens is 618 g/mol. The number of carbonyl (C=O) groups is 2. The molecule has 0 unspecified atom stereocenters. The lowest BCUT2D eigenvalue weighted by Gasteiger charge is -2.52. The Hall–Kier alpha value is -1.10. The summed E-state index contributed by atoms with van der Waals surface area (Å²) in [6.07, 6.45) is 28.5. The number of Topliss-reactive ketones (excluding diaryl/α,β-unsaturated/α-hetero) is 1. The number of unbranched alkanes of at least 4 members (excludes halogenated alkanes) is 25. The first-order chi connectivity index (χ1) is 23.8. The van der Waals surface area contributed by atoms with Gasteiger partial charge in [-0.25, -0.2) is 0 Å². The molecule has 0 aliphatic carbocycles. The SMILES string of the molecule is CCCCCCCCCCCCCCCCCC(=O)N(CCCCCCCCCCCCCC)[C@]1(N)O[C@H](CO)[C@@H](O)[C@H](O)[C@H]1C(=O)CN. The standard InChI is InChI=1S/C40H79N3O6/c1-3-5-7-9-11-13-15-17-18-19-20-22-24-26-28-30-36(46)43(31-29-27-25-23-21-16-14-12-10-8-6-4-2)40(42)37(34(45)32-41)39(48)38(47)35(33-44)49-40/h35,37-39,44,47-48H,3-33,41-42H2,1-2H3/t35-,37-,38-,39-,40+/m1/s1. The average molecular weight is 698 g/mol. The van der Waals surface area contributed by atoms with Crippen LogP contribution in [0.3, 0.4) is 0 Å². The molecule has 0 aromatic rings. The lowest BCUT2D eigenvalue weighted by molar-refractivity contribution is -0.291. The minimum atomic E-state index is -2.01. The lowest BCUT2D eigenvalue weighted by atomic mass is 9.82. The zero-order chi connectivity index (χ0) is 36.2.